The van der Waals surface area contributed by atoms with Crippen molar-refractivity contribution in [3.05, 3.63) is 43.0 Å². The van der Waals surface area contributed by atoms with Gasteiger partial charge < -0.3 is 25.4 Å². The van der Waals surface area contributed by atoms with Gasteiger partial charge in [0.15, 0.2) is 23.2 Å². The number of fused-ring (bicyclic) bond motifs is 1. The van der Waals surface area contributed by atoms with Crippen molar-refractivity contribution in [2.75, 3.05) is 11.9 Å². The third-order valence-electron chi connectivity index (χ3n) is 4.19. The molecule has 1 aromatic carbocycles. The maximum Gasteiger partial charge on any atom is 0.167 e. The number of benzene rings is 1. The summed E-state index contributed by atoms with van der Waals surface area (Å²) in [7, 11) is 0. The first-order valence-electron chi connectivity index (χ1n) is 7.81. The lowest BCUT2D eigenvalue weighted by Gasteiger charge is -2.16. The summed E-state index contributed by atoms with van der Waals surface area (Å²) in [6, 6.07) is 9.52. The van der Waals surface area contributed by atoms with Crippen molar-refractivity contribution in [3.8, 4) is 0 Å². The second kappa shape index (κ2) is 6.37. The van der Waals surface area contributed by atoms with Gasteiger partial charge in [0.05, 0.1) is 12.9 Å². The van der Waals surface area contributed by atoms with Crippen molar-refractivity contribution in [1.29, 1.82) is 0 Å². The molecule has 9 heteroatoms. The summed E-state index contributed by atoms with van der Waals surface area (Å²) in [5.74, 6) is 0.515. The number of anilines is 2. The van der Waals surface area contributed by atoms with Crippen molar-refractivity contribution in [2.24, 2.45) is 0 Å². The molecule has 4 atom stereocenters. The molecule has 130 valence electrons. The Bertz CT molecular complexity index is 871. The van der Waals surface area contributed by atoms with E-state index < -0.39 is 31.1 Å². The summed E-state index contributed by atoms with van der Waals surface area (Å²) >= 11 is 0. The molecule has 0 spiro atoms. The normalized spacial score (nSPS) is 26.2. The Morgan fingerprint density at radius 3 is 2.60 bits per heavy atom. The van der Waals surface area contributed by atoms with Crippen LogP contribution >= 0.6 is 0 Å². The third-order valence-corrected chi connectivity index (χ3v) is 4.19. The molecule has 0 unspecified atom stereocenters. The Hall–Kier alpha value is -2.59. The van der Waals surface area contributed by atoms with Crippen LogP contribution in [-0.2, 0) is 4.74 Å². The number of para-hydroxylation sites is 1. The van der Waals surface area contributed by atoms with E-state index in [4.69, 9.17) is 4.74 Å². The number of ether oxygens (including phenoxy) is 1. The minimum Gasteiger partial charge on any atom is -0.394 e. The van der Waals surface area contributed by atoms with Gasteiger partial charge in [0.25, 0.3) is 0 Å². The van der Waals surface area contributed by atoms with Gasteiger partial charge in [0.2, 0.25) is 0 Å². The number of hydrogen-bond donors (Lipinski definition) is 4. The van der Waals surface area contributed by atoms with Gasteiger partial charge in [-0.25, -0.2) is 15.0 Å². The largest absolute Gasteiger partial charge is 0.394 e. The summed E-state index contributed by atoms with van der Waals surface area (Å²) in [6.07, 6.45) is -1.28. The molecule has 1 aliphatic heterocycles. The number of aromatic nitrogens is 4. The molecule has 0 amide bonds. The van der Waals surface area contributed by atoms with Gasteiger partial charge >= 0.3 is 0 Å². The summed E-state index contributed by atoms with van der Waals surface area (Å²) in [5, 5.41) is 32.5. The number of aliphatic hydroxyl groups is 3. The van der Waals surface area contributed by atoms with E-state index in [1.54, 1.807) is 0 Å². The zero-order chi connectivity index (χ0) is 17.4. The first-order chi connectivity index (χ1) is 12.2. The van der Waals surface area contributed by atoms with Gasteiger partial charge in [-0.15, -0.1) is 0 Å². The third kappa shape index (κ3) is 2.72. The van der Waals surface area contributed by atoms with Crippen molar-refractivity contribution in [3.63, 3.8) is 0 Å². The lowest BCUT2D eigenvalue weighted by Crippen LogP contribution is -2.33. The van der Waals surface area contributed by atoms with E-state index in [9.17, 15) is 15.3 Å². The zero-order valence-electron chi connectivity index (χ0n) is 13.1. The van der Waals surface area contributed by atoms with E-state index in [0.29, 0.717) is 17.0 Å². The number of hydrogen-bond acceptors (Lipinski definition) is 8. The van der Waals surface area contributed by atoms with Crippen molar-refractivity contribution in [1.82, 2.24) is 19.5 Å². The van der Waals surface area contributed by atoms with Gasteiger partial charge in [0.1, 0.15) is 24.6 Å². The molecular weight excluding hydrogens is 326 g/mol. The molecule has 1 saturated heterocycles. The van der Waals surface area contributed by atoms with Crippen LogP contribution in [0.15, 0.2) is 43.0 Å². The smallest absolute Gasteiger partial charge is 0.167 e. The highest BCUT2D eigenvalue weighted by molar-refractivity contribution is 5.85. The lowest BCUT2D eigenvalue weighted by atomic mass is 10.1. The Labute approximate surface area is 142 Å². The van der Waals surface area contributed by atoms with Crippen LogP contribution in [0, 0.1) is 0 Å². The molecule has 0 radical (unpaired) electrons. The number of aliphatic hydroxyl groups excluding tert-OH is 3. The number of imidazole rings is 1. The van der Waals surface area contributed by atoms with Crippen molar-refractivity contribution in [2.45, 2.75) is 24.5 Å². The fraction of sp³-hybridized carbons (Fsp3) is 0.312. The van der Waals surface area contributed by atoms with Crippen molar-refractivity contribution >= 4 is 22.7 Å². The maximum atomic E-state index is 10.2. The number of rotatable bonds is 4. The van der Waals surface area contributed by atoms with Gasteiger partial charge in [0, 0.05) is 5.69 Å². The lowest BCUT2D eigenvalue weighted by molar-refractivity contribution is -0.0511. The molecule has 1 aliphatic rings. The average Bonchev–Trinajstić information content (AvgIpc) is 3.18. The average molecular weight is 343 g/mol. The van der Waals surface area contributed by atoms with Crippen LogP contribution in [0.5, 0.6) is 0 Å². The van der Waals surface area contributed by atoms with Gasteiger partial charge in [-0.05, 0) is 12.1 Å². The van der Waals surface area contributed by atoms with Gasteiger partial charge in [-0.1, -0.05) is 18.2 Å². The maximum absolute atomic E-state index is 10.2. The highest BCUT2D eigenvalue weighted by atomic mass is 16.6. The standard InChI is InChI=1S/C16H17N5O4/c22-6-10-12(23)13(24)16(25-10)21-8-19-11-14(17-7-18-15(11)21)20-9-4-2-1-3-5-9/h1-5,7-8,10,12-13,16,22-24H,6H2,(H,17,18,20)/t10-,12+,13-,16-/m1/s1. The molecule has 0 aliphatic carbocycles. The fourth-order valence-electron chi connectivity index (χ4n) is 2.90. The monoisotopic (exact) mass is 343 g/mol. The van der Waals surface area contributed by atoms with Gasteiger partial charge in [-0.2, -0.15) is 0 Å². The van der Waals surface area contributed by atoms with E-state index >= 15 is 0 Å². The molecule has 9 nitrogen and oxygen atoms in total. The number of nitrogens with one attached hydrogen (secondary N) is 1. The summed E-state index contributed by atoms with van der Waals surface area (Å²) < 4.78 is 7.06. The Morgan fingerprint density at radius 2 is 1.88 bits per heavy atom. The van der Waals surface area contributed by atoms with Crippen LogP contribution in [0.2, 0.25) is 0 Å². The SMILES string of the molecule is OC[C@H]1O[C@@H](n2cnc3c(Nc4ccccc4)ncnc32)[C@H](O)[C@H]1O. The van der Waals surface area contributed by atoms with E-state index in [0.717, 1.165) is 5.69 Å². The van der Waals surface area contributed by atoms with Crippen LogP contribution in [0.25, 0.3) is 11.2 Å². The van der Waals surface area contributed by atoms with Crippen LogP contribution in [0.4, 0.5) is 11.5 Å². The zero-order valence-corrected chi connectivity index (χ0v) is 13.1. The topological polar surface area (TPSA) is 126 Å². The van der Waals surface area contributed by atoms with Crippen LogP contribution < -0.4 is 5.32 Å². The Kier molecular flexibility index (Phi) is 4.06. The van der Waals surface area contributed by atoms with E-state index in [2.05, 4.69) is 20.3 Å². The molecule has 1 fully saturated rings. The predicted octanol–water partition coefficient (Wildman–Crippen LogP) is 0.181. The Balaban J connectivity index is 1.70. The molecule has 4 rings (SSSR count). The first kappa shape index (κ1) is 15.9. The van der Waals surface area contributed by atoms with Crippen molar-refractivity contribution < 1.29 is 20.1 Å². The molecule has 25 heavy (non-hydrogen) atoms. The fourth-order valence-corrected chi connectivity index (χ4v) is 2.90. The minimum atomic E-state index is -1.20. The summed E-state index contributed by atoms with van der Waals surface area (Å²) in [4.78, 5) is 12.7. The van der Waals surface area contributed by atoms with Crippen LogP contribution in [0.3, 0.4) is 0 Å². The molecule has 3 heterocycles. The van der Waals surface area contributed by atoms with Crippen LogP contribution in [0.1, 0.15) is 6.23 Å². The number of nitrogens with zero attached hydrogens (tertiary/aromatic N) is 4. The van der Waals surface area contributed by atoms with E-state index in [-0.39, 0.29) is 0 Å². The molecule has 0 bridgehead atoms. The highest BCUT2D eigenvalue weighted by Gasteiger charge is 2.44. The highest BCUT2D eigenvalue weighted by Crippen LogP contribution is 2.32. The first-order valence-corrected chi connectivity index (χ1v) is 7.81. The van der Waals surface area contributed by atoms with E-state index in [1.807, 2.05) is 30.3 Å². The summed E-state index contributed by atoms with van der Waals surface area (Å²) in [6.45, 7) is -0.392. The summed E-state index contributed by atoms with van der Waals surface area (Å²) in [5.41, 5.74) is 1.80. The second-order valence-corrected chi connectivity index (χ2v) is 5.77. The van der Waals surface area contributed by atoms with Gasteiger partial charge in [-0.3, -0.25) is 4.57 Å². The molecular formula is C16H17N5O4. The van der Waals surface area contributed by atoms with Crippen LogP contribution in [-0.4, -0.2) is 59.8 Å². The quantitative estimate of drug-likeness (QED) is 0.529. The molecule has 3 aromatic rings. The van der Waals surface area contributed by atoms with E-state index in [1.165, 1.54) is 17.2 Å². The molecule has 2 aromatic heterocycles. The minimum absolute atomic E-state index is 0.392. The predicted molar refractivity (Wildman–Crippen MR) is 88.1 cm³/mol. The Morgan fingerprint density at radius 1 is 1.08 bits per heavy atom. The molecule has 4 N–H and O–H groups in total. The second-order valence-electron chi connectivity index (χ2n) is 5.77. The molecule has 0 saturated carbocycles.